The molecule has 0 atom stereocenters. The number of nitrogens with one attached hydrogen (secondary N) is 1. The Morgan fingerprint density at radius 2 is 1.84 bits per heavy atom. The van der Waals surface area contributed by atoms with E-state index in [1.807, 2.05) is 12.3 Å². The number of pyridine rings is 1. The molecule has 1 heterocycles. The summed E-state index contributed by atoms with van der Waals surface area (Å²) in [6.07, 6.45) is 10.1. The Morgan fingerprint density at radius 3 is 2.68 bits per heavy atom. The number of benzene rings is 1. The predicted molar refractivity (Wildman–Crippen MR) is 80.1 cm³/mol. The summed E-state index contributed by atoms with van der Waals surface area (Å²) in [4.78, 5) is 4.42. The van der Waals surface area contributed by atoms with Crippen molar-refractivity contribution in [3.8, 4) is 0 Å². The van der Waals surface area contributed by atoms with Crippen molar-refractivity contribution in [3.63, 3.8) is 0 Å². The minimum Gasteiger partial charge on any atom is -0.310 e. The van der Waals surface area contributed by atoms with Gasteiger partial charge in [-0.1, -0.05) is 43.9 Å². The van der Waals surface area contributed by atoms with Gasteiger partial charge in [0.2, 0.25) is 0 Å². The summed E-state index contributed by atoms with van der Waals surface area (Å²) >= 11 is 0. The molecule has 3 rings (SSSR count). The van der Waals surface area contributed by atoms with Gasteiger partial charge in [0.05, 0.1) is 5.52 Å². The van der Waals surface area contributed by atoms with Gasteiger partial charge in [-0.3, -0.25) is 4.98 Å². The second-order valence-electron chi connectivity index (χ2n) is 5.56. The summed E-state index contributed by atoms with van der Waals surface area (Å²) in [7, 11) is 0. The van der Waals surface area contributed by atoms with E-state index in [0.29, 0.717) is 6.04 Å². The molecule has 0 radical (unpaired) electrons. The Balaban J connectivity index is 1.71. The molecule has 1 N–H and O–H groups in total. The van der Waals surface area contributed by atoms with Crippen LogP contribution in [0.25, 0.3) is 10.9 Å². The zero-order valence-electron chi connectivity index (χ0n) is 11.4. The first-order valence-corrected chi connectivity index (χ1v) is 7.49. The predicted octanol–water partition coefficient (Wildman–Crippen LogP) is 4.05. The second kappa shape index (κ2) is 6.16. The van der Waals surface area contributed by atoms with E-state index in [-0.39, 0.29) is 0 Å². The van der Waals surface area contributed by atoms with Crippen LogP contribution in [0.2, 0.25) is 0 Å². The number of aromatic nitrogens is 1. The number of fused-ring (bicyclic) bond motifs is 1. The number of hydrogen-bond acceptors (Lipinski definition) is 2. The molecule has 100 valence electrons. The monoisotopic (exact) mass is 254 g/mol. The third-order valence-electron chi connectivity index (χ3n) is 4.17. The van der Waals surface area contributed by atoms with Crippen molar-refractivity contribution in [1.29, 1.82) is 0 Å². The van der Waals surface area contributed by atoms with Crippen LogP contribution in [-0.4, -0.2) is 11.0 Å². The van der Waals surface area contributed by atoms with Gasteiger partial charge in [-0.25, -0.2) is 0 Å². The lowest BCUT2D eigenvalue weighted by atomic mass is 10.1. The maximum Gasteiger partial charge on any atom is 0.0705 e. The fourth-order valence-corrected chi connectivity index (χ4v) is 3.06. The molecule has 0 spiro atoms. The van der Waals surface area contributed by atoms with E-state index in [2.05, 4.69) is 34.6 Å². The lowest BCUT2D eigenvalue weighted by molar-refractivity contribution is 0.460. The van der Waals surface area contributed by atoms with Gasteiger partial charge < -0.3 is 5.32 Å². The van der Waals surface area contributed by atoms with Gasteiger partial charge in [0.25, 0.3) is 0 Å². The molecule has 1 aliphatic carbocycles. The molecule has 0 amide bonds. The molecule has 0 saturated heterocycles. The van der Waals surface area contributed by atoms with Crippen LogP contribution >= 0.6 is 0 Å². The highest BCUT2D eigenvalue weighted by atomic mass is 14.9. The lowest BCUT2D eigenvalue weighted by Crippen LogP contribution is -2.27. The van der Waals surface area contributed by atoms with Crippen LogP contribution in [0.1, 0.15) is 44.1 Å². The summed E-state index contributed by atoms with van der Waals surface area (Å²) in [5.74, 6) is 0. The maximum absolute atomic E-state index is 4.42. The van der Waals surface area contributed by atoms with Crippen LogP contribution in [-0.2, 0) is 6.54 Å². The summed E-state index contributed by atoms with van der Waals surface area (Å²) in [5.41, 5.74) is 2.47. The lowest BCUT2D eigenvalue weighted by Gasteiger charge is -2.17. The van der Waals surface area contributed by atoms with Gasteiger partial charge in [-0.15, -0.1) is 0 Å². The zero-order chi connectivity index (χ0) is 12.9. The molecule has 19 heavy (non-hydrogen) atoms. The van der Waals surface area contributed by atoms with Gasteiger partial charge in [-0.2, -0.15) is 0 Å². The van der Waals surface area contributed by atoms with Crippen molar-refractivity contribution in [3.05, 3.63) is 42.1 Å². The number of hydrogen-bond donors (Lipinski definition) is 1. The molecule has 1 saturated carbocycles. The van der Waals surface area contributed by atoms with E-state index in [4.69, 9.17) is 0 Å². The zero-order valence-corrected chi connectivity index (χ0v) is 11.4. The van der Waals surface area contributed by atoms with Crippen LogP contribution in [0, 0.1) is 0 Å². The number of nitrogens with zero attached hydrogens (tertiary/aromatic N) is 1. The normalized spacial score (nSPS) is 17.5. The van der Waals surface area contributed by atoms with Crippen LogP contribution in [0.3, 0.4) is 0 Å². The van der Waals surface area contributed by atoms with E-state index in [1.54, 1.807) is 0 Å². The van der Waals surface area contributed by atoms with Gasteiger partial charge in [0.15, 0.2) is 0 Å². The topological polar surface area (TPSA) is 24.9 Å². The highest BCUT2D eigenvalue weighted by molar-refractivity contribution is 5.81. The van der Waals surface area contributed by atoms with Crippen LogP contribution in [0.4, 0.5) is 0 Å². The maximum atomic E-state index is 4.42. The smallest absolute Gasteiger partial charge is 0.0705 e. The first-order valence-electron chi connectivity index (χ1n) is 7.49. The van der Waals surface area contributed by atoms with Crippen molar-refractivity contribution < 1.29 is 0 Å². The molecule has 1 aromatic heterocycles. The first kappa shape index (κ1) is 12.6. The summed E-state index contributed by atoms with van der Waals surface area (Å²) in [6.45, 7) is 0.966. The fraction of sp³-hybridized carbons (Fsp3) is 0.471. The van der Waals surface area contributed by atoms with Gasteiger partial charge >= 0.3 is 0 Å². The summed E-state index contributed by atoms with van der Waals surface area (Å²) < 4.78 is 0. The van der Waals surface area contributed by atoms with Crippen molar-refractivity contribution in [1.82, 2.24) is 10.3 Å². The van der Waals surface area contributed by atoms with Crippen LogP contribution in [0.15, 0.2) is 36.5 Å². The third kappa shape index (κ3) is 3.13. The molecule has 0 aliphatic heterocycles. The van der Waals surface area contributed by atoms with Crippen molar-refractivity contribution in [2.24, 2.45) is 0 Å². The molecule has 1 aromatic carbocycles. The Kier molecular flexibility index (Phi) is 4.09. The molecule has 2 nitrogen and oxygen atoms in total. The second-order valence-corrected chi connectivity index (χ2v) is 5.56. The Bertz CT molecular complexity index is 522. The van der Waals surface area contributed by atoms with E-state index in [0.717, 1.165) is 12.1 Å². The molecule has 0 unspecified atom stereocenters. The quantitative estimate of drug-likeness (QED) is 0.836. The first-order chi connectivity index (χ1) is 9.43. The largest absolute Gasteiger partial charge is 0.310 e. The molecule has 2 aromatic rings. The summed E-state index contributed by atoms with van der Waals surface area (Å²) in [6, 6.07) is 11.3. The minimum atomic E-state index is 0.703. The van der Waals surface area contributed by atoms with E-state index in [9.17, 15) is 0 Å². The standard InChI is InChI=1S/C17H22N2/c1-2-4-9-15(8-3-1)19-13-14-7-5-11-17-16(14)10-6-12-18-17/h5-7,10-12,15,19H,1-4,8-9,13H2. The highest BCUT2D eigenvalue weighted by Crippen LogP contribution is 2.19. The van der Waals surface area contributed by atoms with E-state index >= 15 is 0 Å². The van der Waals surface area contributed by atoms with Crippen LogP contribution < -0.4 is 5.32 Å². The number of rotatable bonds is 3. The Hall–Kier alpha value is -1.41. The molecular formula is C17H22N2. The highest BCUT2D eigenvalue weighted by Gasteiger charge is 2.11. The van der Waals surface area contributed by atoms with Gasteiger partial charge in [-0.05, 0) is 30.5 Å². The van der Waals surface area contributed by atoms with Gasteiger partial charge in [0.1, 0.15) is 0 Å². The van der Waals surface area contributed by atoms with E-state index in [1.165, 1.54) is 49.5 Å². The Labute approximate surface area is 115 Å². The van der Waals surface area contributed by atoms with Crippen molar-refractivity contribution in [2.45, 2.75) is 51.1 Å². The molecule has 2 heteroatoms. The van der Waals surface area contributed by atoms with Crippen molar-refractivity contribution in [2.75, 3.05) is 0 Å². The third-order valence-corrected chi connectivity index (χ3v) is 4.17. The molecule has 0 bridgehead atoms. The molecular weight excluding hydrogens is 232 g/mol. The van der Waals surface area contributed by atoms with Crippen LogP contribution in [0.5, 0.6) is 0 Å². The fourth-order valence-electron chi connectivity index (χ4n) is 3.06. The SMILES string of the molecule is c1cc(CNC2CCCCCC2)c2cccnc2c1. The minimum absolute atomic E-state index is 0.703. The summed E-state index contributed by atoms with van der Waals surface area (Å²) in [5, 5.41) is 5.03. The van der Waals surface area contributed by atoms with E-state index < -0.39 is 0 Å². The average Bonchev–Trinajstić information content (AvgIpc) is 2.74. The molecule has 1 fully saturated rings. The average molecular weight is 254 g/mol. The van der Waals surface area contributed by atoms with Gasteiger partial charge in [0, 0.05) is 24.2 Å². The van der Waals surface area contributed by atoms with Crippen molar-refractivity contribution >= 4 is 10.9 Å². The molecule has 1 aliphatic rings. The Morgan fingerprint density at radius 1 is 1.00 bits per heavy atom.